The van der Waals surface area contributed by atoms with Gasteiger partial charge in [-0.05, 0) is 24.3 Å². The van der Waals surface area contributed by atoms with Crippen LogP contribution in [0.3, 0.4) is 0 Å². The summed E-state index contributed by atoms with van der Waals surface area (Å²) in [6, 6.07) is 10.1. The standard InChI is InChI=1S/C15H11ClN2O3/c1-21-13-4-2-3-10(17-13)8-18-12-6-5-9(16)7-11(12)14(19)15(18)20/h2-7H,8H2,1H3. The van der Waals surface area contributed by atoms with Crippen molar-refractivity contribution in [2.24, 2.45) is 0 Å². The Morgan fingerprint density at radius 1 is 1.24 bits per heavy atom. The monoisotopic (exact) mass is 302 g/mol. The van der Waals surface area contributed by atoms with Crippen molar-refractivity contribution < 1.29 is 14.3 Å². The molecule has 3 rings (SSSR count). The summed E-state index contributed by atoms with van der Waals surface area (Å²) in [5.41, 5.74) is 1.52. The molecule has 0 atom stereocenters. The number of halogens is 1. The molecule has 106 valence electrons. The number of ketones is 1. The van der Waals surface area contributed by atoms with Crippen LogP contribution in [-0.4, -0.2) is 23.8 Å². The molecule has 0 N–H and O–H groups in total. The molecule has 0 fully saturated rings. The smallest absolute Gasteiger partial charge is 0.299 e. The molecule has 2 aromatic rings. The number of benzene rings is 1. The Labute approximate surface area is 126 Å². The molecule has 1 aliphatic heterocycles. The van der Waals surface area contributed by atoms with Crippen LogP contribution < -0.4 is 9.64 Å². The summed E-state index contributed by atoms with van der Waals surface area (Å²) in [4.78, 5) is 29.7. The number of ether oxygens (including phenoxy) is 1. The number of hydrogen-bond acceptors (Lipinski definition) is 4. The maximum Gasteiger partial charge on any atom is 0.299 e. The number of carbonyl (C=O) groups excluding carboxylic acids is 2. The molecule has 0 saturated carbocycles. The highest BCUT2D eigenvalue weighted by molar-refractivity contribution is 6.52. The van der Waals surface area contributed by atoms with Gasteiger partial charge in [-0.15, -0.1) is 0 Å². The normalized spacial score (nSPS) is 13.5. The first kappa shape index (κ1) is 13.6. The van der Waals surface area contributed by atoms with E-state index in [4.69, 9.17) is 16.3 Å². The topological polar surface area (TPSA) is 59.5 Å². The van der Waals surface area contributed by atoms with Gasteiger partial charge in [-0.1, -0.05) is 17.7 Å². The number of hydrogen-bond donors (Lipinski definition) is 0. The number of pyridine rings is 1. The first-order valence-corrected chi connectivity index (χ1v) is 6.63. The van der Waals surface area contributed by atoms with Crippen LogP contribution in [0, 0.1) is 0 Å². The van der Waals surface area contributed by atoms with Crippen molar-refractivity contribution in [2.45, 2.75) is 6.54 Å². The van der Waals surface area contributed by atoms with E-state index in [1.54, 1.807) is 30.3 Å². The Morgan fingerprint density at radius 2 is 2.05 bits per heavy atom. The largest absolute Gasteiger partial charge is 0.481 e. The summed E-state index contributed by atoms with van der Waals surface area (Å²) in [5.74, 6) is -0.658. The lowest BCUT2D eigenvalue weighted by molar-refractivity contribution is -0.114. The maximum atomic E-state index is 12.1. The summed E-state index contributed by atoms with van der Waals surface area (Å²) >= 11 is 5.87. The highest BCUT2D eigenvalue weighted by atomic mass is 35.5. The molecule has 1 aromatic carbocycles. The van der Waals surface area contributed by atoms with Crippen molar-refractivity contribution in [2.75, 3.05) is 12.0 Å². The van der Waals surface area contributed by atoms with E-state index in [1.807, 2.05) is 0 Å². The average Bonchev–Trinajstić information content (AvgIpc) is 2.72. The van der Waals surface area contributed by atoms with Crippen LogP contribution in [0.25, 0.3) is 0 Å². The number of aromatic nitrogens is 1. The summed E-state index contributed by atoms with van der Waals surface area (Å²) < 4.78 is 5.05. The number of rotatable bonds is 3. The first-order chi connectivity index (χ1) is 10.1. The van der Waals surface area contributed by atoms with Gasteiger partial charge in [0, 0.05) is 11.1 Å². The number of Topliss-reactive ketones (excluding diaryl/α,β-unsaturated/α-hetero) is 1. The Morgan fingerprint density at radius 3 is 2.81 bits per heavy atom. The Bertz CT molecular complexity index is 745. The predicted octanol–water partition coefficient (Wildman–Crippen LogP) is 2.47. The molecule has 1 aliphatic rings. The quantitative estimate of drug-likeness (QED) is 0.817. The van der Waals surface area contributed by atoms with Crippen LogP contribution in [0.4, 0.5) is 5.69 Å². The van der Waals surface area contributed by atoms with E-state index in [2.05, 4.69) is 4.98 Å². The summed E-state index contributed by atoms with van der Waals surface area (Å²) in [7, 11) is 1.52. The first-order valence-electron chi connectivity index (χ1n) is 6.26. The van der Waals surface area contributed by atoms with E-state index in [0.29, 0.717) is 27.8 Å². The molecule has 5 nitrogen and oxygen atoms in total. The number of carbonyl (C=O) groups is 2. The molecule has 0 unspecified atom stereocenters. The molecule has 0 aliphatic carbocycles. The van der Waals surface area contributed by atoms with Gasteiger partial charge >= 0.3 is 0 Å². The minimum Gasteiger partial charge on any atom is -0.481 e. The summed E-state index contributed by atoms with van der Waals surface area (Å²) in [6.45, 7) is 0.205. The second-order valence-electron chi connectivity index (χ2n) is 4.55. The molecule has 0 bridgehead atoms. The van der Waals surface area contributed by atoms with Gasteiger partial charge in [-0.2, -0.15) is 0 Å². The average molecular weight is 303 g/mol. The van der Waals surface area contributed by atoms with Crippen LogP contribution in [0.15, 0.2) is 36.4 Å². The lowest BCUT2D eigenvalue weighted by Crippen LogP contribution is -2.29. The molecule has 6 heteroatoms. The van der Waals surface area contributed by atoms with Crippen LogP contribution in [0.5, 0.6) is 5.88 Å². The molecule has 1 amide bonds. The molecule has 2 heterocycles. The molecule has 21 heavy (non-hydrogen) atoms. The number of fused-ring (bicyclic) bond motifs is 1. The second-order valence-corrected chi connectivity index (χ2v) is 4.99. The fourth-order valence-electron chi connectivity index (χ4n) is 2.25. The van der Waals surface area contributed by atoms with E-state index in [0.717, 1.165) is 0 Å². The number of amides is 1. The van der Waals surface area contributed by atoms with Crippen molar-refractivity contribution in [3.05, 3.63) is 52.7 Å². The van der Waals surface area contributed by atoms with Crippen molar-refractivity contribution in [1.82, 2.24) is 4.98 Å². The highest BCUT2D eigenvalue weighted by Crippen LogP contribution is 2.32. The molecule has 1 aromatic heterocycles. The third kappa shape index (κ3) is 2.36. The van der Waals surface area contributed by atoms with Crippen molar-refractivity contribution in [3.8, 4) is 5.88 Å². The van der Waals surface area contributed by atoms with Crippen molar-refractivity contribution in [3.63, 3.8) is 0 Å². The van der Waals surface area contributed by atoms with E-state index in [-0.39, 0.29) is 6.54 Å². The highest BCUT2D eigenvalue weighted by Gasteiger charge is 2.36. The molecular formula is C15H11ClN2O3. The zero-order valence-corrected chi connectivity index (χ0v) is 11.9. The number of nitrogens with zero attached hydrogens (tertiary/aromatic N) is 2. The molecule has 0 radical (unpaired) electrons. The van der Waals surface area contributed by atoms with Crippen LogP contribution in [0.1, 0.15) is 16.1 Å². The van der Waals surface area contributed by atoms with Gasteiger partial charge in [0.25, 0.3) is 11.7 Å². The zero-order chi connectivity index (χ0) is 15.0. The lowest BCUT2D eigenvalue weighted by atomic mass is 10.1. The lowest BCUT2D eigenvalue weighted by Gasteiger charge is -2.16. The Hall–Kier alpha value is -2.40. The molecular weight excluding hydrogens is 292 g/mol. The third-order valence-corrected chi connectivity index (χ3v) is 3.48. The van der Waals surface area contributed by atoms with Crippen molar-refractivity contribution >= 4 is 29.0 Å². The van der Waals surface area contributed by atoms with E-state index >= 15 is 0 Å². The fourth-order valence-corrected chi connectivity index (χ4v) is 2.42. The van der Waals surface area contributed by atoms with Gasteiger partial charge in [-0.3, -0.25) is 14.5 Å². The van der Waals surface area contributed by atoms with Crippen LogP contribution in [-0.2, 0) is 11.3 Å². The van der Waals surface area contributed by atoms with Crippen LogP contribution >= 0.6 is 11.6 Å². The maximum absolute atomic E-state index is 12.1. The zero-order valence-electron chi connectivity index (χ0n) is 11.2. The van der Waals surface area contributed by atoms with Crippen LogP contribution in [0.2, 0.25) is 5.02 Å². The van der Waals surface area contributed by atoms with Gasteiger partial charge in [0.15, 0.2) is 0 Å². The van der Waals surface area contributed by atoms with Gasteiger partial charge in [0.1, 0.15) is 0 Å². The van der Waals surface area contributed by atoms with E-state index in [1.165, 1.54) is 18.1 Å². The Kier molecular flexibility index (Phi) is 3.35. The van der Waals surface area contributed by atoms with Gasteiger partial charge < -0.3 is 4.74 Å². The Balaban J connectivity index is 1.96. The molecule has 0 spiro atoms. The van der Waals surface area contributed by atoms with Crippen molar-refractivity contribution in [1.29, 1.82) is 0 Å². The van der Waals surface area contributed by atoms with E-state index in [9.17, 15) is 9.59 Å². The minimum atomic E-state index is -0.572. The second kappa shape index (κ2) is 5.18. The predicted molar refractivity (Wildman–Crippen MR) is 77.8 cm³/mol. The SMILES string of the molecule is COc1cccc(CN2C(=O)C(=O)c3cc(Cl)ccc32)n1. The number of methoxy groups -OCH3 is 1. The summed E-state index contributed by atoms with van der Waals surface area (Å²) in [6.07, 6.45) is 0. The van der Waals surface area contributed by atoms with Gasteiger partial charge in [0.05, 0.1) is 30.6 Å². The van der Waals surface area contributed by atoms with E-state index < -0.39 is 11.7 Å². The summed E-state index contributed by atoms with van der Waals surface area (Å²) in [5, 5.41) is 0.427. The van der Waals surface area contributed by atoms with Gasteiger partial charge in [0.2, 0.25) is 5.88 Å². The van der Waals surface area contributed by atoms with Gasteiger partial charge in [-0.25, -0.2) is 4.98 Å². The third-order valence-electron chi connectivity index (χ3n) is 3.24. The molecule has 0 saturated heterocycles. The fraction of sp³-hybridized carbons (Fsp3) is 0.133. The number of anilines is 1. The minimum absolute atomic E-state index is 0.205.